The van der Waals surface area contributed by atoms with Gasteiger partial charge >= 0.3 is 5.97 Å². The Hall–Kier alpha value is -2.87. The van der Waals surface area contributed by atoms with Crippen LogP contribution < -0.4 is 5.32 Å². The summed E-state index contributed by atoms with van der Waals surface area (Å²) in [5.41, 5.74) is 2.41. The van der Waals surface area contributed by atoms with E-state index >= 15 is 0 Å². The Balaban J connectivity index is 1.98. The number of hydrogen-bond acceptors (Lipinski definition) is 4. The minimum atomic E-state index is -0.934. The monoisotopic (exact) mass is 253 g/mol. The third-order valence-corrected chi connectivity index (χ3v) is 2.58. The molecule has 0 amide bonds. The van der Waals surface area contributed by atoms with Crippen molar-refractivity contribution in [2.75, 3.05) is 5.32 Å². The van der Waals surface area contributed by atoms with E-state index < -0.39 is 5.97 Å². The molecule has 0 unspecified atom stereocenters. The first-order valence-corrected chi connectivity index (χ1v) is 5.61. The molecule has 2 aromatic rings. The van der Waals surface area contributed by atoms with Crippen LogP contribution in [0.15, 0.2) is 42.6 Å². The van der Waals surface area contributed by atoms with Gasteiger partial charge in [-0.2, -0.15) is 5.26 Å². The number of carboxylic acid groups (broad SMARTS) is 1. The van der Waals surface area contributed by atoms with Crippen LogP contribution in [0, 0.1) is 11.3 Å². The molecular formula is C14H11N3O2. The summed E-state index contributed by atoms with van der Waals surface area (Å²) < 4.78 is 0. The van der Waals surface area contributed by atoms with Crippen molar-refractivity contribution in [2.24, 2.45) is 0 Å². The number of aromatic carboxylic acids is 1. The van der Waals surface area contributed by atoms with Gasteiger partial charge in [0.2, 0.25) is 0 Å². The lowest BCUT2D eigenvalue weighted by molar-refractivity contribution is 0.0697. The second-order valence-corrected chi connectivity index (χ2v) is 3.90. The number of nitrogens with one attached hydrogen (secondary N) is 1. The van der Waals surface area contributed by atoms with Gasteiger partial charge in [0, 0.05) is 6.54 Å². The molecule has 0 bridgehead atoms. The highest BCUT2D eigenvalue weighted by Gasteiger charge is 2.01. The van der Waals surface area contributed by atoms with Crippen molar-refractivity contribution in [1.29, 1.82) is 5.26 Å². The third-order valence-electron chi connectivity index (χ3n) is 2.58. The number of nitrogens with zero attached hydrogens (tertiary/aromatic N) is 2. The lowest BCUT2D eigenvalue weighted by atomic mass is 10.1. The maximum atomic E-state index is 10.7. The number of carboxylic acids is 1. The van der Waals surface area contributed by atoms with E-state index in [0.717, 1.165) is 11.3 Å². The number of pyridine rings is 1. The quantitative estimate of drug-likeness (QED) is 0.872. The van der Waals surface area contributed by atoms with Gasteiger partial charge in [-0.1, -0.05) is 12.1 Å². The van der Waals surface area contributed by atoms with Gasteiger partial charge in [0.15, 0.2) is 0 Å². The zero-order valence-corrected chi connectivity index (χ0v) is 10.00. The SMILES string of the molecule is N#Cc1ccc(NCc2ccc(C(=O)O)cc2)cn1. The molecule has 0 radical (unpaired) electrons. The van der Waals surface area contributed by atoms with Gasteiger partial charge in [-0.05, 0) is 29.8 Å². The van der Waals surface area contributed by atoms with Gasteiger partial charge in [-0.25, -0.2) is 9.78 Å². The van der Waals surface area contributed by atoms with Crippen LogP contribution in [0.2, 0.25) is 0 Å². The van der Waals surface area contributed by atoms with E-state index in [4.69, 9.17) is 10.4 Å². The highest BCUT2D eigenvalue weighted by Crippen LogP contribution is 2.09. The molecule has 2 N–H and O–H groups in total. The molecule has 1 aromatic carbocycles. The largest absolute Gasteiger partial charge is 0.478 e. The van der Waals surface area contributed by atoms with Crippen molar-refractivity contribution in [3.63, 3.8) is 0 Å². The molecule has 94 valence electrons. The standard InChI is InChI=1S/C14H11N3O2/c15-7-12-5-6-13(9-17-12)16-8-10-1-3-11(4-2-10)14(18)19/h1-6,9,16H,8H2,(H,18,19). The number of aromatic nitrogens is 1. The minimum Gasteiger partial charge on any atom is -0.478 e. The average molecular weight is 253 g/mol. The van der Waals surface area contributed by atoms with Crippen LogP contribution in [0.4, 0.5) is 5.69 Å². The highest BCUT2D eigenvalue weighted by atomic mass is 16.4. The molecule has 0 spiro atoms. The summed E-state index contributed by atoms with van der Waals surface area (Å²) in [6.45, 7) is 0.563. The van der Waals surface area contributed by atoms with Crippen LogP contribution in [0.3, 0.4) is 0 Å². The Morgan fingerprint density at radius 3 is 2.53 bits per heavy atom. The van der Waals surface area contributed by atoms with Crippen molar-refractivity contribution in [1.82, 2.24) is 4.98 Å². The molecule has 0 atom stereocenters. The highest BCUT2D eigenvalue weighted by molar-refractivity contribution is 5.87. The van der Waals surface area contributed by atoms with Crippen molar-refractivity contribution in [2.45, 2.75) is 6.54 Å². The molecular weight excluding hydrogens is 242 g/mol. The second kappa shape index (κ2) is 5.65. The van der Waals surface area contributed by atoms with Crippen molar-refractivity contribution in [3.05, 3.63) is 59.4 Å². The summed E-state index contributed by atoms with van der Waals surface area (Å²) in [5.74, 6) is -0.934. The van der Waals surface area contributed by atoms with E-state index in [-0.39, 0.29) is 5.56 Å². The van der Waals surface area contributed by atoms with E-state index in [9.17, 15) is 4.79 Å². The van der Waals surface area contributed by atoms with Crippen LogP contribution in [0.25, 0.3) is 0 Å². The van der Waals surface area contributed by atoms with E-state index in [1.807, 2.05) is 6.07 Å². The Bertz CT molecular complexity index is 613. The fraction of sp³-hybridized carbons (Fsp3) is 0.0714. The molecule has 0 fully saturated rings. The van der Waals surface area contributed by atoms with Gasteiger partial charge in [-0.15, -0.1) is 0 Å². The number of anilines is 1. The molecule has 0 aliphatic heterocycles. The molecule has 1 aromatic heterocycles. The lowest BCUT2D eigenvalue weighted by Crippen LogP contribution is -2.01. The Morgan fingerprint density at radius 1 is 1.26 bits per heavy atom. The molecule has 1 heterocycles. The molecule has 2 rings (SSSR count). The summed E-state index contributed by atoms with van der Waals surface area (Å²) in [5, 5.41) is 20.6. The van der Waals surface area contributed by atoms with Gasteiger partial charge in [0.25, 0.3) is 0 Å². The van der Waals surface area contributed by atoms with Crippen LogP contribution in [0.1, 0.15) is 21.6 Å². The Morgan fingerprint density at radius 2 is 2.00 bits per heavy atom. The number of benzene rings is 1. The molecule has 0 aliphatic carbocycles. The molecule has 5 heteroatoms. The number of nitriles is 1. The zero-order valence-electron chi connectivity index (χ0n) is 10.00. The number of rotatable bonds is 4. The fourth-order valence-corrected chi connectivity index (χ4v) is 1.53. The van der Waals surface area contributed by atoms with Crippen LogP contribution in [-0.4, -0.2) is 16.1 Å². The summed E-state index contributed by atoms with van der Waals surface area (Å²) in [6.07, 6.45) is 1.59. The van der Waals surface area contributed by atoms with Gasteiger partial charge in [0.05, 0.1) is 17.4 Å². The Labute approximate surface area is 110 Å². The van der Waals surface area contributed by atoms with Crippen molar-refractivity contribution >= 4 is 11.7 Å². The van der Waals surface area contributed by atoms with E-state index in [0.29, 0.717) is 12.2 Å². The molecule has 19 heavy (non-hydrogen) atoms. The summed E-state index contributed by atoms with van der Waals surface area (Å²) in [7, 11) is 0. The molecule has 5 nitrogen and oxygen atoms in total. The first kappa shape index (κ1) is 12.6. The maximum Gasteiger partial charge on any atom is 0.335 e. The van der Waals surface area contributed by atoms with Crippen LogP contribution in [-0.2, 0) is 6.54 Å². The van der Waals surface area contributed by atoms with E-state index in [1.165, 1.54) is 0 Å². The average Bonchev–Trinajstić information content (AvgIpc) is 2.46. The summed E-state index contributed by atoms with van der Waals surface area (Å²) >= 11 is 0. The molecule has 0 saturated carbocycles. The van der Waals surface area contributed by atoms with Crippen LogP contribution in [0.5, 0.6) is 0 Å². The van der Waals surface area contributed by atoms with Crippen LogP contribution >= 0.6 is 0 Å². The normalized spacial score (nSPS) is 9.63. The molecule has 0 saturated heterocycles. The first-order chi connectivity index (χ1) is 9.19. The van der Waals surface area contributed by atoms with E-state index in [1.54, 1.807) is 42.6 Å². The molecule has 0 aliphatic rings. The first-order valence-electron chi connectivity index (χ1n) is 5.61. The topological polar surface area (TPSA) is 86.0 Å². The van der Waals surface area contributed by atoms with E-state index in [2.05, 4.69) is 10.3 Å². The van der Waals surface area contributed by atoms with Crippen molar-refractivity contribution in [3.8, 4) is 6.07 Å². The second-order valence-electron chi connectivity index (χ2n) is 3.90. The van der Waals surface area contributed by atoms with Gasteiger partial charge < -0.3 is 10.4 Å². The van der Waals surface area contributed by atoms with Gasteiger partial charge in [0.1, 0.15) is 11.8 Å². The van der Waals surface area contributed by atoms with Crippen molar-refractivity contribution < 1.29 is 9.90 Å². The maximum absolute atomic E-state index is 10.7. The fourth-order valence-electron chi connectivity index (χ4n) is 1.53. The predicted octanol–water partition coefficient (Wildman–Crippen LogP) is 2.26. The lowest BCUT2D eigenvalue weighted by Gasteiger charge is -2.06. The van der Waals surface area contributed by atoms with Gasteiger partial charge in [-0.3, -0.25) is 0 Å². The number of carbonyl (C=O) groups is 1. The predicted molar refractivity (Wildman–Crippen MR) is 69.7 cm³/mol. The minimum absolute atomic E-state index is 0.267. The summed E-state index contributed by atoms with van der Waals surface area (Å²) in [6, 6.07) is 12.0. The summed E-state index contributed by atoms with van der Waals surface area (Å²) in [4.78, 5) is 14.6. The Kier molecular flexibility index (Phi) is 3.74. The zero-order chi connectivity index (χ0) is 13.7. The number of hydrogen-bond donors (Lipinski definition) is 2. The smallest absolute Gasteiger partial charge is 0.335 e. The third kappa shape index (κ3) is 3.30.